The number of carbonyl (C=O) groups excluding carboxylic acids is 3. The first kappa shape index (κ1) is 16.1. The number of fused-ring (bicyclic) bond motifs is 1. The van der Waals surface area contributed by atoms with Gasteiger partial charge >= 0.3 is 6.03 Å². The first-order valence-electron chi connectivity index (χ1n) is 8.98. The second kappa shape index (κ2) is 5.86. The Morgan fingerprint density at radius 3 is 2.68 bits per heavy atom. The van der Waals surface area contributed by atoms with E-state index in [-0.39, 0.29) is 23.9 Å². The minimum Gasteiger partial charge on any atom is -0.340 e. The first-order chi connectivity index (χ1) is 12.0. The lowest BCUT2D eigenvalue weighted by Crippen LogP contribution is -2.45. The van der Waals surface area contributed by atoms with Crippen molar-refractivity contribution in [1.82, 2.24) is 14.7 Å². The Balaban J connectivity index is 1.43. The molecule has 2 atom stereocenters. The second-order valence-electron chi connectivity index (χ2n) is 7.43. The van der Waals surface area contributed by atoms with Crippen LogP contribution in [-0.4, -0.2) is 63.8 Å². The van der Waals surface area contributed by atoms with Gasteiger partial charge in [-0.05, 0) is 31.7 Å². The monoisotopic (exact) mass is 341 g/mol. The van der Waals surface area contributed by atoms with Gasteiger partial charge in [-0.15, -0.1) is 0 Å². The maximum Gasteiger partial charge on any atom is 0.327 e. The van der Waals surface area contributed by atoms with Crippen LogP contribution in [0.3, 0.4) is 0 Å². The normalized spacial score (nSPS) is 28.8. The molecule has 2 unspecified atom stereocenters. The van der Waals surface area contributed by atoms with Gasteiger partial charge in [0, 0.05) is 19.6 Å². The van der Waals surface area contributed by atoms with Crippen molar-refractivity contribution in [2.24, 2.45) is 0 Å². The molecule has 3 aliphatic rings. The highest BCUT2D eigenvalue weighted by Gasteiger charge is 2.58. The summed E-state index contributed by atoms with van der Waals surface area (Å²) in [6, 6.07) is 9.28. The number of rotatable bonds is 3. The van der Waals surface area contributed by atoms with Crippen LogP contribution in [0.15, 0.2) is 30.3 Å². The van der Waals surface area contributed by atoms with Crippen LogP contribution in [0.2, 0.25) is 0 Å². The van der Waals surface area contributed by atoms with Crippen LogP contribution in [0.1, 0.15) is 31.7 Å². The van der Waals surface area contributed by atoms with Crippen LogP contribution in [0.25, 0.3) is 0 Å². The molecule has 25 heavy (non-hydrogen) atoms. The summed E-state index contributed by atoms with van der Waals surface area (Å²) in [5.74, 6) is -0.0307. The molecule has 4 amide bonds. The van der Waals surface area contributed by atoms with Gasteiger partial charge in [-0.3, -0.25) is 14.5 Å². The number of hydrogen-bond acceptors (Lipinski definition) is 3. The van der Waals surface area contributed by atoms with Gasteiger partial charge in [0.15, 0.2) is 0 Å². The Hall–Kier alpha value is -2.37. The van der Waals surface area contributed by atoms with Crippen molar-refractivity contribution >= 4 is 17.8 Å². The third kappa shape index (κ3) is 2.51. The molecule has 4 rings (SSSR count). The van der Waals surface area contributed by atoms with E-state index in [1.165, 1.54) is 4.90 Å². The van der Waals surface area contributed by atoms with Crippen molar-refractivity contribution in [2.45, 2.75) is 44.2 Å². The lowest BCUT2D eigenvalue weighted by molar-refractivity contribution is -0.134. The van der Waals surface area contributed by atoms with Crippen molar-refractivity contribution in [3.05, 3.63) is 35.9 Å². The van der Waals surface area contributed by atoms with Crippen molar-refractivity contribution in [3.8, 4) is 0 Å². The standard InChI is InChI=1S/C19H23N3O3/c1-19-9-5-10-21(19)18(25)22(17(19)24)15-8-11-20(13-15)16(23)12-14-6-3-2-4-7-14/h2-4,6-7,15H,5,8-13H2,1H3. The highest BCUT2D eigenvalue weighted by molar-refractivity contribution is 6.07. The summed E-state index contributed by atoms with van der Waals surface area (Å²) in [4.78, 5) is 43.0. The molecule has 1 aromatic rings. The van der Waals surface area contributed by atoms with Crippen LogP contribution >= 0.6 is 0 Å². The van der Waals surface area contributed by atoms with E-state index < -0.39 is 5.54 Å². The summed E-state index contributed by atoms with van der Waals surface area (Å²) in [6.07, 6.45) is 2.65. The van der Waals surface area contributed by atoms with Gasteiger partial charge in [-0.2, -0.15) is 0 Å². The number of hydrogen-bond donors (Lipinski definition) is 0. The molecule has 3 saturated heterocycles. The summed E-state index contributed by atoms with van der Waals surface area (Å²) >= 11 is 0. The SMILES string of the molecule is CC12CCCN1C(=O)N(C1CCN(C(=O)Cc3ccccc3)C1)C2=O. The largest absolute Gasteiger partial charge is 0.340 e. The molecule has 0 N–H and O–H groups in total. The van der Waals surface area contributed by atoms with Crippen molar-refractivity contribution in [2.75, 3.05) is 19.6 Å². The molecule has 0 aliphatic carbocycles. The molecule has 0 aromatic heterocycles. The van der Waals surface area contributed by atoms with Crippen LogP contribution < -0.4 is 0 Å². The van der Waals surface area contributed by atoms with E-state index in [1.54, 1.807) is 9.80 Å². The maximum absolute atomic E-state index is 12.8. The Labute approximate surface area is 147 Å². The lowest BCUT2D eigenvalue weighted by atomic mass is 9.99. The van der Waals surface area contributed by atoms with Gasteiger partial charge in [0.05, 0.1) is 12.5 Å². The molecule has 0 radical (unpaired) electrons. The minimum absolute atomic E-state index is 0.0551. The number of carbonyl (C=O) groups is 3. The summed E-state index contributed by atoms with van der Waals surface area (Å²) < 4.78 is 0. The predicted octanol–water partition coefficient (Wildman–Crippen LogP) is 1.65. The number of benzene rings is 1. The summed E-state index contributed by atoms with van der Waals surface area (Å²) in [5.41, 5.74) is 0.316. The third-order valence-electron chi connectivity index (χ3n) is 5.84. The summed E-state index contributed by atoms with van der Waals surface area (Å²) in [6.45, 7) is 3.58. The fraction of sp³-hybridized carbons (Fsp3) is 0.526. The molecular weight excluding hydrogens is 318 g/mol. The van der Waals surface area contributed by atoms with Gasteiger partial charge in [0.25, 0.3) is 5.91 Å². The molecule has 3 heterocycles. The van der Waals surface area contributed by atoms with Crippen LogP contribution in [0, 0.1) is 0 Å². The van der Waals surface area contributed by atoms with Crippen molar-refractivity contribution in [3.63, 3.8) is 0 Å². The van der Waals surface area contributed by atoms with Crippen molar-refractivity contribution in [1.29, 1.82) is 0 Å². The number of urea groups is 1. The van der Waals surface area contributed by atoms with Crippen molar-refractivity contribution < 1.29 is 14.4 Å². The van der Waals surface area contributed by atoms with Gasteiger partial charge in [0.1, 0.15) is 5.54 Å². The van der Waals surface area contributed by atoms with E-state index in [4.69, 9.17) is 0 Å². The molecule has 0 spiro atoms. The third-order valence-corrected chi connectivity index (χ3v) is 5.84. The molecule has 0 bridgehead atoms. The molecule has 6 nitrogen and oxygen atoms in total. The van der Waals surface area contributed by atoms with Gasteiger partial charge in [-0.25, -0.2) is 4.79 Å². The topological polar surface area (TPSA) is 60.9 Å². The van der Waals surface area contributed by atoms with Crippen LogP contribution in [0.5, 0.6) is 0 Å². The quantitative estimate of drug-likeness (QED) is 0.786. The molecule has 6 heteroatoms. The van der Waals surface area contributed by atoms with E-state index in [0.717, 1.165) is 18.4 Å². The Morgan fingerprint density at radius 2 is 1.96 bits per heavy atom. The van der Waals surface area contributed by atoms with E-state index in [9.17, 15) is 14.4 Å². The molecular formula is C19H23N3O3. The zero-order valence-electron chi connectivity index (χ0n) is 14.5. The summed E-state index contributed by atoms with van der Waals surface area (Å²) in [5, 5.41) is 0. The van der Waals surface area contributed by atoms with Crippen LogP contribution in [0.4, 0.5) is 4.79 Å². The van der Waals surface area contributed by atoms with Crippen LogP contribution in [-0.2, 0) is 16.0 Å². The van der Waals surface area contributed by atoms with Gasteiger partial charge in [0.2, 0.25) is 5.91 Å². The highest BCUT2D eigenvalue weighted by Crippen LogP contribution is 2.39. The zero-order valence-corrected chi connectivity index (χ0v) is 14.5. The van der Waals surface area contributed by atoms with E-state index in [2.05, 4.69) is 0 Å². The first-order valence-corrected chi connectivity index (χ1v) is 8.98. The predicted molar refractivity (Wildman–Crippen MR) is 91.7 cm³/mol. The van der Waals surface area contributed by atoms with E-state index in [0.29, 0.717) is 32.5 Å². The summed E-state index contributed by atoms with van der Waals surface area (Å²) in [7, 11) is 0. The number of likely N-dealkylation sites (tertiary alicyclic amines) is 1. The number of amides is 4. The second-order valence-corrected chi connectivity index (χ2v) is 7.43. The smallest absolute Gasteiger partial charge is 0.327 e. The van der Waals surface area contributed by atoms with Gasteiger partial charge in [-0.1, -0.05) is 30.3 Å². The molecule has 3 fully saturated rings. The molecule has 3 aliphatic heterocycles. The molecule has 132 valence electrons. The zero-order chi connectivity index (χ0) is 17.6. The molecule has 0 saturated carbocycles. The van der Waals surface area contributed by atoms with E-state index in [1.807, 2.05) is 37.3 Å². The minimum atomic E-state index is -0.668. The van der Waals surface area contributed by atoms with E-state index >= 15 is 0 Å². The fourth-order valence-corrected chi connectivity index (χ4v) is 4.35. The lowest BCUT2D eigenvalue weighted by Gasteiger charge is -2.23. The molecule has 1 aromatic carbocycles. The maximum atomic E-state index is 12.8. The number of imide groups is 1. The Bertz CT molecular complexity index is 720. The van der Waals surface area contributed by atoms with Gasteiger partial charge < -0.3 is 9.80 Å². The highest BCUT2D eigenvalue weighted by atomic mass is 16.2. The average Bonchev–Trinajstić information content (AvgIpc) is 3.27. The Morgan fingerprint density at radius 1 is 1.20 bits per heavy atom. The number of nitrogens with zero attached hydrogens (tertiary/aromatic N) is 3. The Kier molecular flexibility index (Phi) is 3.78. The fourth-order valence-electron chi connectivity index (χ4n) is 4.35. The average molecular weight is 341 g/mol.